The summed E-state index contributed by atoms with van der Waals surface area (Å²) in [5, 5.41) is 9.73. The van der Waals surface area contributed by atoms with E-state index in [0.29, 0.717) is 44.4 Å². The first-order valence-corrected chi connectivity index (χ1v) is 9.45. The van der Waals surface area contributed by atoms with Gasteiger partial charge in [-0.05, 0) is 30.3 Å². The van der Waals surface area contributed by atoms with Crippen molar-refractivity contribution >= 4 is 22.4 Å². The lowest BCUT2D eigenvalue weighted by Crippen LogP contribution is -2.46. The molecule has 0 saturated carbocycles. The Hall–Kier alpha value is -3.38. The summed E-state index contributed by atoms with van der Waals surface area (Å²) in [6, 6.07) is 13.0. The lowest BCUT2D eigenvalue weighted by Gasteiger charge is -2.37. The lowest BCUT2D eigenvalue weighted by molar-refractivity contribution is -0.137. The number of hydrogen-bond acceptors (Lipinski definition) is 6. The normalized spacial score (nSPS) is 15.3. The Kier molecular flexibility index (Phi) is 5.18. The summed E-state index contributed by atoms with van der Waals surface area (Å²) in [4.78, 5) is 12.7. The minimum absolute atomic E-state index is 0.00393. The highest BCUT2D eigenvalue weighted by molar-refractivity contribution is 5.87. The monoisotopic (exact) mass is 412 g/mol. The summed E-state index contributed by atoms with van der Waals surface area (Å²) in [6.07, 6.45) is -4.52. The Labute approximate surface area is 171 Å². The van der Waals surface area contributed by atoms with Crippen LogP contribution in [0.15, 0.2) is 42.5 Å². The third-order valence-electron chi connectivity index (χ3n) is 5.19. The fraction of sp³-hybridized carbons (Fsp3) is 0.286. The zero-order chi connectivity index (χ0) is 21.3. The number of piperazine rings is 1. The molecule has 2 heterocycles. The van der Waals surface area contributed by atoms with Gasteiger partial charge in [-0.15, -0.1) is 0 Å². The molecule has 1 aliphatic rings. The molecule has 0 unspecified atom stereocenters. The number of rotatable bonds is 3. The standard InChI is InChI=1S/C21H19F3N6/c22-21(23,24)16-11-14(12-25)5-6-18(16)30-9-7-29(8-10-30)13-19-27-17-4-2-1-3-15(17)20(26)28-19/h1-6,11H,7-10,13H2,(H2,26,27,28). The van der Waals surface area contributed by atoms with E-state index in [9.17, 15) is 13.2 Å². The van der Waals surface area contributed by atoms with Gasteiger partial charge in [0.2, 0.25) is 0 Å². The Balaban J connectivity index is 1.48. The summed E-state index contributed by atoms with van der Waals surface area (Å²) >= 11 is 0. The van der Waals surface area contributed by atoms with E-state index in [4.69, 9.17) is 11.0 Å². The molecule has 1 aromatic heterocycles. The summed E-state index contributed by atoms with van der Waals surface area (Å²) < 4.78 is 40.4. The Morgan fingerprint density at radius 3 is 2.47 bits per heavy atom. The molecule has 0 spiro atoms. The SMILES string of the molecule is N#Cc1ccc(N2CCN(Cc3nc(N)c4ccccc4n3)CC2)c(C(F)(F)F)c1. The highest BCUT2D eigenvalue weighted by Gasteiger charge is 2.36. The van der Waals surface area contributed by atoms with Crippen LogP contribution in [0, 0.1) is 11.3 Å². The van der Waals surface area contributed by atoms with Crippen molar-refractivity contribution in [1.82, 2.24) is 14.9 Å². The molecule has 3 aromatic rings. The van der Waals surface area contributed by atoms with Gasteiger partial charge in [0.25, 0.3) is 0 Å². The van der Waals surface area contributed by atoms with Crippen molar-refractivity contribution in [3.63, 3.8) is 0 Å². The second kappa shape index (κ2) is 7.80. The average Bonchev–Trinajstić information content (AvgIpc) is 2.73. The molecule has 2 aromatic carbocycles. The van der Waals surface area contributed by atoms with Crippen molar-refractivity contribution in [3.8, 4) is 6.07 Å². The average molecular weight is 412 g/mol. The summed E-state index contributed by atoms with van der Waals surface area (Å²) in [7, 11) is 0. The number of nitrogen functional groups attached to an aromatic ring is 1. The topological polar surface area (TPSA) is 82.1 Å². The maximum atomic E-state index is 13.5. The second-order valence-electron chi connectivity index (χ2n) is 7.15. The molecule has 1 aliphatic heterocycles. The number of halogens is 3. The van der Waals surface area contributed by atoms with E-state index in [2.05, 4.69) is 14.9 Å². The molecule has 154 valence electrons. The van der Waals surface area contributed by atoms with Gasteiger partial charge < -0.3 is 10.6 Å². The van der Waals surface area contributed by atoms with Crippen molar-refractivity contribution < 1.29 is 13.2 Å². The van der Waals surface area contributed by atoms with Gasteiger partial charge in [-0.3, -0.25) is 4.90 Å². The fourth-order valence-corrected chi connectivity index (χ4v) is 3.68. The minimum Gasteiger partial charge on any atom is -0.383 e. The van der Waals surface area contributed by atoms with E-state index in [0.717, 1.165) is 17.0 Å². The summed E-state index contributed by atoms with van der Waals surface area (Å²) in [5.74, 6) is 1.01. The van der Waals surface area contributed by atoms with Gasteiger partial charge in [0, 0.05) is 37.3 Å². The molecule has 0 amide bonds. The van der Waals surface area contributed by atoms with Crippen molar-refractivity contribution in [2.75, 3.05) is 36.8 Å². The van der Waals surface area contributed by atoms with Crippen LogP contribution in [0.25, 0.3) is 10.9 Å². The van der Waals surface area contributed by atoms with Crippen LogP contribution >= 0.6 is 0 Å². The summed E-state index contributed by atoms with van der Waals surface area (Å²) in [6.45, 7) is 2.46. The van der Waals surface area contributed by atoms with Gasteiger partial charge in [0.1, 0.15) is 11.6 Å². The minimum atomic E-state index is -4.52. The van der Waals surface area contributed by atoms with E-state index in [1.165, 1.54) is 12.1 Å². The van der Waals surface area contributed by atoms with Gasteiger partial charge in [0.15, 0.2) is 0 Å². The molecule has 4 rings (SSSR count). The smallest absolute Gasteiger partial charge is 0.383 e. The molecular weight excluding hydrogens is 393 g/mol. The molecule has 1 saturated heterocycles. The first kappa shape index (κ1) is 19.9. The molecule has 1 fully saturated rings. The summed E-state index contributed by atoms with van der Waals surface area (Å²) in [5.41, 5.74) is 6.13. The molecule has 6 nitrogen and oxygen atoms in total. The van der Waals surface area contributed by atoms with Crippen molar-refractivity contribution in [3.05, 3.63) is 59.4 Å². The molecule has 2 N–H and O–H groups in total. The number of hydrogen-bond donors (Lipinski definition) is 1. The third-order valence-corrected chi connectivity index (χ3v) is 5.19. The van der Waals surface area contributed by atoms with Gasteiger partial charge >= 0.3 is 6.18 Å². The maximum Gasteiger partial charge on any atom is 0.418 e. The molecule has 0 radical (unpaired) electrons. The van der Waals surface area contributed by atoms with Crippen LogP contribution in [0.1, 0.15) is 17.0 Å². The Morgan fingerprint density at radius 1 is 1.03 bits per heavy atom. The number of benzene rings is 2. The predicted molar refractivity (Wildman–Crippen MR) is 108 cm³/mol. The molecule has 0 bridgehead atoms. The number of para-hydroxylation sites is 1. The molecule has 9 heteroatoms. The Bertz CT molecular complexity index is 1110. The van der Waals surface area contributed by atoms with Crippen LogP contribution in [-0.4, -0.2) is 41.0 Å². The second-order valence-corrected chi connectivity index (χ2v) is 7.15. The molecule has 0 aliphatic carbocycles. The quantitative estimate of drug-likeness (QED) is 0.710. The van der Waals surface area contributed by atoms with E-state index in [1.54, 1.807) is 11.0 Å². The third kappa shape index (κ3) is 4.00. The van der Waals surface area contributed by atoms with Gasteiger partial charge in [-0.2, -0.15) is 18.4 Å². The van der Waals surface area contributed by atoms with Crippen LogP contribution < -0.4 is 10.6 Å². The lowest BCUT2D eigenvalue weighted by atomic mass is 10.1. The largest absolute Gasteiger partial charge is 0.418 e. The number of nitrogens with two attached hydrogens (primary N) is 1. The number of fused-ring (bicyclic) bond motifs is 1. The molecule has 30 heavy (non-hydrogen) atoms. The number of nitriles is 1. The van der Waals surface area contributed by atoms with Gasteiger partial charge in [0.05, 0.1) is 29.3 Å². The van der Waals surface area contributed by atoms with Crippen LogP contribution in [0.5, 0.6) is 0 Å². The predicted octanol–water partition coefficient (Wildman–Crippen LogP) is 3.42. The van der Waals surface area contributed by atoms with Crippen LogP contribution in [0.3, 0.4) is 0 Å². The molecular formula is C21H19F3N6. The maximum absolute atomic E-state index is 13.5. The van der Waals surface area contributed by atoms with Gasteiger partial charge in [-0.25, -0.2) is 9.97 Å². The highest BCUT2D eigenvalue weighted by Crippen LogP contribution is 2.37. The number of nitrogens with zero attached hydrogens (tertiary/aromatic N) is 5. The number of alkyl halides is 3. The van der Waals surface area contributed by atoms with Crippen molar-refractivity contribution in [2.24, 2.45) is 0 Å². The van der Waals surface area contributed by atoms with E-state index in [-0.39, 0.29) is 11.3 Å². The van der Waals surface area contributed by atoms with Crippen molar-refractivity contribution in [1.29, 1.82) is 5.26 Å². The number of aromatic nitrogens is 2. The zero-order valence-electron chi connectivity index (χ0n) is 16.0. The van der Waals surface area contributed by atoms with Gasteiger partial charge in [-0.1, -0.05) is 12.1 Å². The number of anilines is 2. The van der Waals surface area contributed by atoms with Crippen LogP contribution in [0.4, 0.5) is 24.7 Å². The first-order chi connectivity index (χ1) is 14.3. The van der Waals surface area contributed by atoms with E-state index < -0.39 is 11.7 Å². The van der Waals surface area contributed by atoms with Crippen LogP contribution in [-0.2, 0) is 12.7 Å². The fourth-order valence-electron chi connectivity index (χ4n) is 3.68. The molecule has 0 atom stereocenters. The van der Waals surface area contributed by atoms with E-state index >= 15 is 0 Å². The first-order valence-electron chi connectivity index (χ1n) is 9.45. The Morgan fingerprint density at radius 2 is 1.77 bits per heavy atom. The zero-order valence-corrected chi connectivity index (χ0v) is 16.0. The van der Waals surface area contributed by atoms with Crippen molar-refractivity contribution in [2.45, 2.75) is 12.7 Å². The highest BCUT2D eigenvalue weighted by atomic mass is 19.4. The van der Waals surface area contributed by atoms with E-state index in [1.807, 2.05) is 24.3 Å². The van der Waals surface area contributed by atoms with Crippen LogP contribution in [0.2, 0.25) is 0 Å².